The summed E-state index contributed by atoms with van der Waals surface area (Å²) in [5, 5.41) is 20.9. The van der Waals surface area contributed by atoms with E-state index in [-0.39, 0.29) is 16.6 Å². The van der Waals surface area contributed by atoms with Gasteiger partial charge in [-0.2, -0.15) is 0 Å². The summed E-state index contributed by atoms with van der Waals surface area (Å²) in [6.07, 6.45) is 17.2. The summed E-state index contributed by atoms with van der Waals surface area (Å²) < 4.78 is 0. The lowest BCUT2D eigenvalue weighted by atomic mass is 9.33. The van der Waals surface area contributed by atoms with Gasteiger partial charge in [0.05, 0.1) is 5.02 Å². The van der Waals surface area contributed by atoms with E-state index < -0.39 is 0 Å². The van der Waals surface area contributed by atoms with Crippen LogP contribution in [0.2, 0.25) is 5.02 Å². The van der Waals surface area contributed by atoms with Gasteiger partial charge in [0.25, 0.3) is 0 Å². The average Bonchev–Trinajstić information content (AvgIpc) is 3.31. The number of phenolic OH excluding ortho intramolecular Hbond substituents is 1. The molecule has 0 saturated heterocycles. The van der Waals surface area contributed by atoms with Crippen molar-refractivity contribution in [3.05, 3.63) is 47.5 Å². The molecule has 1 aromatic carbocycles. The van der Waals surface area contributed by atoms with Crippen molar-refractivity contribution in [1.82, 2.24) is 0 Å². The van der Waals surface area contributed by atoms with Crippen molar-refractivity contribution in [2.45, 2.75) is 106 Å². The van der Waals surface area contributed by atoms with Crippen LogP contribution in [0.5, 0.6) is 5.75 Å². The lowest BCUT2D eigenvalue weighted by Gasteiger charge is -2.72. The van der Waals surface area contributed by atoms with E-state index in [9.17, 15) is 10.2 Å². The molecule has 7 unspecified atom stereocenters. The molecule has 4 saturated carbocycles. The summed E-state index contributed by atoms with van der Waals surface area (Å²) >= 11 is 6.35. The summed E-state index contributed by atoms with van der Waals surface area (Å²) in [7, 11) is 0. The van der Waals surface area contributed by atoms with Gasteiger partial charge in [-0.3, -0.25) is 0 Å². The molecular formula is C36H53ClO2. The summed E-state index contributed by atoms with van der Waals surface area (Å²) in [6.45, 7) is 18.6. The van der Waals surface area contributed by atoms with Gasteiger partial charge in [0.15, 0.2) is 0 Å². The Morgan fingerprint density at radius 3 is 2.31 bits per heavy atom. The fourth-order valence-electron chi connectivity index (χ4n) is 11.7. The molecule has 4 fully saturated rings. The van der Waals surface area contributed by atoms with Crippen molar-refractivity contribution in [3.63, 3.8) is 0 Å². The monoisotopic (exact) mass is 552 g/mol. The summed E-state index contributed by atoms with van der Waals surface area (Å²) in [4.78, 5) is 0. The van der Waals surface area contributed by atoms with Gasteiger partial charge < -0.3 is 10.2 Å². The number of rotatable bonds is 2. The third-order valence-electron chi connectivity index (χ3n) is 13.7. The molecule has 5 aliphatic carbocycles. The molecule has 0 spiro atoms. The van der Waals surface area contributed by atoms with E-state index in [1.807, 2.05) is 19.1 Å². The molecule has 3 heteroatoms. The van der Waals surface area contributed by atoms with Gasteiger partial charge in [0.1, 0.15) is 5.75 Å². The molecular weight excluding hydrogens is 500 g/mol. The molecule has 1 aromatic rings. The topological polar surface area (TPSA) is 40.5 Å². The van der Waals surface area contributed by atoms with Gasteiger partial charge in [0, 0.05) is 6.61 Å². The van der Waals surface area contributed by atoms with Crippen LogP contribution in [0.25, 0.3) is 5.57 Å². The minimum atomic E-state index is 0.0659. The number of aliphatic hydroxyl groups excluding tert-OH is 1. The fraction of sp³-hybridized carbons (Fsp3) is 0.722. The van der Waals surface area contributed by atoms with Gasteiger partial charge in [-0.05, 0) is 139 Å². The maximum absolute atomic E-state index is 10.5. The van der Waals surface area contributed by atoms with Gasteiger partial charge >= 0.3 is 0 Å². The molecule has 0 radical (unpaired) electrons. The van der Waals surface area contributed by atoms with Crippen molar-refractivity contribution in [2.24, 2.45) is 50.7 Å². The third kappa shape index (κ3) is 4.04. The standard InChI is InChI=1S/C33H47ClO2.C3H6/c1-29(2)22(21-8-10-26(36)25(34)19-21)12-15-30(3)27(29)13-16-32(5)28(30)11-9-23-24-7-6-14-33(24,20-35)18-17-31(23,32)4;1-3-2/h8,10,12,19,23-24,27-28,35-36H,6-7,9,11,13-18,20H2,1-5H3;3H,1H2,2H3/t23?,24?,27?,28?,30?,31-,32?,33?;/m1./s1. The summed E-state index contributed by atoms with van der Waals surface area (Å²) in [5.41, 5.74) is 3.93. The number of hydrogen-bond acceptors (Lipinski definition) is 2. The highest BCUT2D eigenvalue weighted by atomic mass is 35.5. The lowest BCUT2D eigenvalue weighted by molar-refractivity contribution is -0.225. The van der Waals surface area contributed by atoms with Gasteiger partial charge in [-0.1, -0.05) is 70.9 Å². The highest BCUT2D eigenvalue weighted by Crippen LogP contribution is 2.77. The van der Waals surface area contributed by atoms with Crippen molar-refractivity contribution in [2.75, 3.05) is 6.61 Å². The van der Waals surface area contributed by atoms with Crippen LogP contribution in [0.3, 0.4) is 0 Å². The van der Waals surface area contributed by atoms with Crippen LogP contribution in [0.15, 0.2) is 36.9 Å². The van der Waals surface area contributed by atoms with E-state index in [4.69, 9.17) is 11.6 Å². The molecule has 0 heterocycles. The Labute approximate surface area is 243 Å². The van der Waals surface area contributed by atoms with Crippen molar-refractivity contribution < 1.29 is 10.2 Å². The molecule has 8 atom stereocenters. The fourth-order valence-corrected chi connectivity index (χ4v) is 11.9. The molecule has 0 amide bonds. The molecule has 39 heavy (non-hydrogen) atoms. The Morgan fingerprint density at radius 1 is 0.923 bits per heavy atom. The van der Waals surface area contributed by atoms with E-state index in [1.54, 1.807) is 12.1 Å². The Balaban J connectivity index is 0.000000983. The Hall–Kier alpha value is -1.25. The van der Waals surface area contributed by atoms with E-state index in [0.29, 0.717) is 33.8 Å². The van der Waals surface area contributed by atoms with Crippen LogP contribution in [-0.2, 0) is 0 Å². The first-order chi connectivity index (χ1) is 18.3. The molecule has 0 bridgehead atoms. The van der Waals surface area contributed by atoms with Crippen molar-refractivity contribution in [1.29, 1.82) is 0 Å². The van der Waals surface area contributed by atoms with Crippen LogP contribution >= 0.6 is 11.6 Å². The van der Waals surface area contributed by atoms with Gasteiger partial charge in [-0.25, -0.2) is 0 Å². The first-order valence-electron chi connectivity index (χ1n) is 15.7. The minimum Gasteiger partial charge on any atom is -0.506 e. The number of aliphatic hydroxyl groups is 1. The number of aromatic hydroxyl groups is 1. The zero-order chi connectivity index (χ0) is 28.4. The SMILES string of the molecule is C=CC.CC1(C)C(c2ccc(O)c(Cl)c2)=CCC2(C)C1CCC1(C)C2CCC2C3CCCC3(CO)CC[C@]21C. The number of allylic oxidation sites excluding steroid dienone is 3. The zero-order valence-corrected chi connectivity index (χ0v) is 26.2. The molecule has 2 N–H and O–H groups in total. The molecule has 216 valence electrons. The smallest absolute Gasteiger partial charge is 0.134 e. The first kappa shape index (κ1) is 29.2. The third-order valence-corrected chi connectivity index (χ3v) is 14.0. The maximum atomic E-state index is 10.5. The number of hydrogen-bond donors (Lipinski definition) is 2. The maximum Gasteiger partial charge on any atom is 0.134 e. The van der Waals surface area contributed by atoms with E-state index in [1.165, 1.54) is 68.9 Å². The highest BCUT2D eigenvalue weighted by Gasteiger charge is 2.69. The van der Waals surface area contributed by atoms with Gasteiger partial charge in [0.2, 0.25) is 0 Å². The van der Waals surface area contributed by atoms with E-state index in [2.05, 4.69) is 47.3 Å². The number of phenols is 1. The Kier molecular flexibility index (Phi) is 7.45. The quantitative estimate of drug-likeness (QED) is 0.358. The average molecular weight is 553 g/mol. The second kappa shape index (κ2) is 9.94. The van der Waals surface area contributed by atoms with Crippen LogP contribution in [0, 0.1) is 50.7 Å². The Bertz CT molecular complexity index is 1140. The van der Waals surface area contributed by atoms with E-state index in [0.717, 1.165) is 24.2 Å². The second-order valence-corrected chi connectivity index (χ2v) is 15.7. The van der Waals surface area contributed by atoms with Crippen molar-refractivity contribution in [3.8, 4) is 5.75 Å². The highest BCUT2D eigenvalue weighted by molar-refractivity contribution is 6.32. The van der Waals surface area contributed by atoms with E-state index >= 15 is 0 Å². The number of benzene rings is 1. The molecule has 6 rings (SSSR count). The van der Waals surface area contributed by atoms with Crippen molar-refractivity contribution >= 4 is 17.2 Å². The Morgan fingerprint density at radius 2 is 1.64 bits per heavy atom. The predicted molar refractivity (Wildman–Crippen MR) is 165 cm³/mol. The van der Waals surface area contributed by atoms with Gasteiger partial charge in [-0.15, -0.1) is 6.58 Å². The molecule has 0 aliphatic heterocycles. The predicted octanol–water partition coefficient (Wildman–Crippen LogP) is 10.1. The van der Waals surface area contributed by atoms with Crippen LogP contribution in [0.4, 0.5) is 0 Å². The first-order valence-corrected chi connectivity index (χ1v) is 16.1. The molecule has 2 nitrogen and oxygen atoms in total. The van der Waals surface area contributed by atoms with Crippen LogP contribution < -0.4 is 0 Å². The zero-order valence-electron chi connectivity index (χ0n) is 25.5. The van der Waals surface area contributed by atoms with Crippen LogP contribution in [-0.4, -0.2) is 16.8 Å². The largest absolute Gasteiger partial charge is 0.506 e. The molecule has 5 aliphatic rings. The number of fused-ring (bicyclic) bond motifs is 7. The second-order valence-electron chi connectivity index (χ2n) is 15.3. The summed E-state index contributed by atoms with van der Waals surface area (Å²) in [6, 6.07) is 5.76. The lowest BCUT2D eigenvalue weighted by Crippen LogP contribution is -2.65. The normalized spacial score (nSPS) is 43.9. The molecule has 0 aromatic heterocycles. The number of halogens is 1. The minimum absolute atomic E-state index is 0.0659. The van der Waals surface area contributed by atoms with Crippen LogP contribution in [0.1, 0.15) is 111 Å². The summed E-state index contributed by atoms with van der Waals surface area (Å²) in [5.74, 6) is 3.07.